The maximum atomic E-state index is 12.3. The van der Waals surface area contributed by atoms with Crippen LogP contribution in [-0.4, -0.2) is 42.0 Å². The molecule has 3 amide bonds. The number of nitrogens with one attached hydrogen (secondary N) is 2. The van der Waals surface area contributed by atoms with E-state index in [-0.39, 0.29) is 24.0 Å². The van der Waals surface area contributed by atoms with Crippen LogP contribution in [0.3, 0.4) is 0 Å². The zero-order valence-electron chi connectivity index (χ0n) is 13.3. The highest BCUT2D eigenvalue weighted by atomic mass is 16.2. The van der Waals surface area contributed by atoms with Gasteiger partial charge in [0.25, 0.3) is 0 Å². The highest BCUT2D eigenvalue weighted by Gasteiger charge is 2.23. The average Bonchev–Trinajstić information content (AvgIpc) is 2.48. The summed E-state index contributed by atoms with van der Waals surface area (Å²) in [5, 5.41) is 5.80. The largest absolute Gasteiger partial charge is 0.342 e. The molecule has 0 saturated carbocycles. The number of rotatable bonds is 4. The molecule has 1 aliphatic heterocycles. The highest BCUT2D eigenvalue weighted by Crippen LogP contribution is 2.12. The van der Waals surface area contributed by atoms with Crippen LogP contribution in [0.15, 0.2) is 30.3 Å². The lowest BCUT2D eigenvalue weighted by Gasteiger charge is -2.32. The molecule has 1 aliphatic rings. The van der Waals surface area contributed by atoms with Gasteiger partial charge in [0.2, 0.25) is 5.91 Å². The Kier molecular flexibility index (Phi) is 5.81. The maximum absolute atomic E-state index is 12.3. The standard InChI is InChI=1S/C17H25N3O2/c1-13(2)18-17(22)19-15-8-10-20(11-9-15)16(21)12-14-6-4-3-5-7-14/h3-7,13,15H,8-12H2,1-2H3,(H2,18,19,22). The Labute approximate surface area is 132 Å². The average molecular weight is 303 g/mol. The number of carbonyl (C=O) groups is 2. The maximum Gasteiger partial charge on any atom is 0.315 e. The van der Waals surface area contributed by atoms with E-state index < -0.39 is 0 Å². The first kappa shape index (κ1) is 16.3. The number of carbonyl (C=O) groups excluding carboxylic acids is 2. The van der Waals surface area contributed by atoms with E-state index in [0.717, 1.165) is 18.4 Å². The van der Waals surface area contributed by atoms with Crippen molar-refractivity contribution in [2.45, 2.75) is 45.2 Å². The monoisotopic (exact) mass is 303 g/mol. The van der Waals surface area contributed by atoms with Crippen molar-refractivity contribution in [3.63, 3.8) is 0 Å². The first-order chi connectivity index (χ1) is 10.5. The van der Waals surface area contributed by atoms with Crippen LogP contribution >= 0.6 is 0 Å². The van der Waals surface area contributed by atoms with Crippen LogP contribution in [0.5, 0.6) is 0 Å². The number of benzene rings is 1. The van der Waals surface area contributed by atoms with Gasteiger partial charge in [0.05, 0.1) is 6.42 Å². The molecule has 0 bridgehead atoms. The summed E-state index contributed by atoms with van der Waals surface area (Å²) in [5.74, 6) is 0.163. The number of likely N-dealkylation sites (tertiary alicyclic amines) is 1. The predicted octanol–water partition coefficient (Wildman–Crippen LogP) is 1.93. The van der Waals surface area contributed by atoms with E-state index in [1.807, 2.05) is 49.1 Å². The van der Waals surface area contributed by atoms with Gasteiger partial charge in [0, 0.05) is 25.2 Å². The summed E-state index contributed by atoms with van der Waals surface area (Å²) in [6, 6.07) is 9.97. The second-order valence-corrected chi connectivity index (χ2v) is 6.09. The molecule has 0 aromatic heterocycles. The third-order valence-corrected chi connectivity index (χ3v) is 3.80. The van der Waals surface area contributed by atoms with Gasteiger partial charge in [-0.3, -0.25) is 4.79 Å². The smallest absolute Gasteiger partial charge is 0.315 e. The van der Waals surface area contributed by atoms with Gasteiger partial charge < -0.3 is 15.5 Å². The summed E-state index contributed by atoms with van der Waals surface area (Å²) in [4.78, 5) is 25.8. The molecular formula is C17H25N3O2. The van der Waals surface area contributed by atoms with Crippen molar-refractivity contribution in [1.82, 2.24) is 15.5 Å². The van der Waals surface area contributed by atoms with Crippen LogP contribution in [0.2, 0.25) is 0 Å². The Hall–Kier alpha value is -2.04. The number of hydrogen-bond donors (Lipinski definition) is 2. The molecule has 2 N–H and O–H groups in total. The molecule has 1 aromatic rings. The molecule has 0 aliphatic carbocycles. The van der Waals surface area contributed by atoms with Crippen molar-refractivity contribution in [1.29, 1.82) is 0 Å². The Morgan fingerprint density at radius 3 is 2.41 bits per heavy atom. The second kappa shape index (κ2) is 7.82. The fourth-order valence-corrected chi connectivity index (χ4v) is 2.64. The van der Waals surface area contributed by atoms with Crippen LogP contribution in [0.25, 0.3) is 0 Å². The van der Waals surface area contributed by atoms with Gasteiger partial charge in [-0.2, -0.15) is 0 Å². The second-order valence-electron chi connectivity index (χ2n) is 6.09. The number of amides is 3. The third kappa shape index (κ3) is 5.06. The van der Waals surface area contributed by atoms with Crippen molar-refractivity contribution < 1.29 is 9.59 Å². The molecule has 120 valence electrons. The van der Waals surface area contributed by atoms with Crippen LogP contribution in [0, 0.1) is 0 Å². The predicted molar refractivity (Wildman–Crippen MR) is 86.6 cm³/mol. The number of nitrogens with zero attached hydrogens (tertiary/aromatic N) is 1. The topological polar surface area (TPSA) is 61.4 Å². The molecule has 22 heavy (non-hydrogen) atoms. The molecule has 0 unspecified atom stereocenters. The molecular weight excluding hydrogens is 278 g/mol. The molecule has 1 aromatic carbocycles. The molecule has 5 heteroatoms. The Bertz CT molecular complexity index is 494. The molecule has 1 fully saturated rings. The normalized spacial score (nSPS) is 15.7. The van der Waals surface area contributed by atoms with Gasteiger partial charge in [-0.05, 0) is 32.3 Å². The summed E-state index contributed by atoms with van der Waals surface area (Å²) >= 11 is 0. The quantitative estimate of drug-likeness (QED) is 0.893. The Balaban J connectivity index is 1.75. The highest BCUT2D eigenvalue weighted by molar-refractivity contribution is 5.79. The third-order valence-electron chi connectivity index (χ3n) is 3.80. The molecule has 0 atom stereocenters. The van der Waals surface area contributed by atoms with E-state index >= 15 is 0 Å². The summed E-state index contributed by atoms with van der Waals surface area (Å²) in [6.07, 6.45) is 2.07. The molecule has 0 spiro atoms. The van der Waals surface area contributed by atoms with E-state index in [0.29, 0.717) is 19.5 Å². The minimum absolute atomic E-state index is 0.121. The number of urea groups is 1. The van der Waals surface area contributed by atoms with E-state index in [1.165, 1.54) is 0 Å². The zero-order valence-corrected chi connectivity index (χ0v) is 13.3. The summed E-state index contributed by atoms with van der Waals surface area (Å²) in [6.45, 7) is 5.28. The van der Waals surface area contributed by atoms with E-state index in [9.17, 15) is 9.59 Å². The van der Waals surface area contributed by atoms with Crippen LogP contribution in [0.4, 0.5) is 4.79 Å². The fraction of sp³-hybridized carbons (Fsp3) is 0.529. The molecule has 1 heterocycles. The molecule has 5 nitrogen and oxygen atoms in total. The molecule has 1 saturated heterocycles. The molecule has 2 rings (SSSR count). The lowest BCUT2D eigenvalue weighted by atomic mass is 10.0. The van der Waals surface area contributed by atoms with Crippen molar-refractivity contribution in [3.8, 4) is 0 Å². The summed E-state index contributed by atoms with van der Waals surface area (Å²) in [7, 11) is 0. The Morgan fingerprint density at radius 1 is 1.18 bits per heavy atom. The van der Waals surface area contributed by atoms with Crippen molar-refractivity contribution >= 4 is 11.9 Å². The van der Waals surface area contributed by atoms with E-state index in [2.05, 4.69) is 10.6 Å². The first-order valence-electron chi connectivity index (χ1n) is 7.93. The van der Waals surface area contributed by atoms with Crippen LogP contribution in [0.1, 0.15) is 32.3 Å². The van der Waals surface area contributed by atoms with Gasteiger partial charge in [0.1, 0.15) is 0 Å². The number of piperidine rings is 1. The van der Waals surface area contributed by atoms with Crippen molar-refractivity contribution in [2.75, 3.05) is 13.1 Å². The van der Waals surface area contributed by atoms with E-state index in [4.69, 9.17) is 0 Å². The van der Waals surface area contributed by atoms with Gasteiger partial charge in [-0.25, -0.2) is 4.79 Å². The fourth-order valence-electron chi connectivity index (χ4n) is 2.64. The minimum atomic E-state index is -0.121. The van der Waals surface area contributed by atoms with Crippen molar-refractivity contribution in [2.24, 2.45) is 0 Å². The van der Waals surface area contributed by atoms with E-state index in [1.54, 1.807) is 0 Å². The van der Waals surface area contributed by atoms with Gasteiger partial charge >= 0.3 is 6.03 Å². The lowest BCUT2D eigenvalue weighted by molar-refractivity contribution is -0.131. The SMILES string of the molecule is CC(C)NC(=O)NC1CCN(C(=O)Cc2ccccc2)CC1. The van der Waals surface area contributed by atoms with Crippen molar-refractivity contribution in [3.05, 3.63) is 35.9 Å². The Morgan fingerprint density at radius 2 is 1.82 bits per heavy atom. The summed E-state index contributed by atoms with van der Waals surface area (Å²) in [5.41, 5.74) is 1.05. The lowest BCUT2D eigenvalue weighted by Crippen LogP contribution is -2.50. The van der Waals surface area contributed by atoms with Gasteiger partial charge in [-0.1, -0.05) is 30.3 Å². The minimum Gasteiger partial charge on any atom is -0.342 e. The summed E-state index contributed by atoms with van der Waals surface area (Å²) < 4.78 is 0. The van der Waals surface area contributed by atoms with Crippen LogP contribution in [-0.2, 0) is 11.2 Å². The first-order valence-corrected chi connectivity index (χ1v) is 7.93. The van der Waals surface area contributed by atoms with Gasteiger partial charge in [0.15, 0.2) is 0 Å². The number of hydrogen-bond acceptors (Lipinski definition) is 2. The molecule has 0 radical (unpaired) electrons. The van der Waals surface area contributed by atoms with Crippen LogP contribution < -0.4 is 10.6 Å². The van der Waals surface area contributed by atoms with Gasteiger partial charge in [-0.15, -0.1) is 0 Å². The zero-order chi connectivity index (χ0) is 15.9.